The summed E-state index contributed by atoms with van der Waals surface area (Å²) in [5, 5.41) is 0. The van der Waals surface area contributed by atoms with Crippen LogP contribution in [-0.4, -0.2) is 7.28 Å². The molecule has 0 N–H and O–H groups in total. The minimum atomic E-state index is 0.997. The van der Waals surface area contributed by atoms with Crippen molar-refractivity contribution in [3.05, 3.63) is 0 Å². The van der Waals surface area contributed by atoms with Gasteiger partial charge in [-0.15, -0.1) is 0 Å². The van der Waals surface area contributed by atoms with Gasteiger partial charge in [-0.05, 0) is 0 Å². The van der Waals surface area contributed by atoms with Crippen LogP contribution in [-0.2, 0) is 0 Å². The molecular weight excluding hydrogens is 155 g/mol. The van der Waals surface area contributed by atoms with Crippen molar-refractivity contribution in [3.63, 3.8) is 0 Å². The summed E-state index contributed by atoms with van der Waals surface area (Å²) < 4.78 is 0. The van der Waals surface area contributed by atoms with Crippen LogP contribution in [0.4, 0.5) is 0 Å². The molecule has 0 amide bonds. The Morgan fingerprint density at radius 2 is 0.923 bits per heavy atom. The molecule has 0 aromatic carbocycles. The minimum absolute atomic E-state index is 0.997. The lowest BCUT2D eigenvalue weighted by Gasteiger charge is -2.27. The highest BCUT2D eigenvalue weighted by molar-refractivity contribution is 6.39. The van der Waals surface area contributed by atoms with Crippen molar-refractivity contribution in [2.24, 2.45) is 0 Å². The van der Waals surface area contributed by atoms with Gasteiger partial charge in [0.15, 0.2) is 0 Å². The van der Waals surface area contributed by atoms with Crippen LogP contribution in [0.3, 0.4) is 0 Å². The Morgan fingerprint density at radius 3 is 1.31 bits per heavy atom. The predicted molar refractivity (Wildman–Crippen MR) is 59.4 cm³/mol. The van der Waals surface area contributed by atoms with E-state index in [4.69, 9.17) is 0 Å². The first-order chi connectivity index (χ1) is 6.45. The molecule has 0 spiro atoms. The van der Waals surface area contributed by atoms with Gasteiger partial charge < -0.3 is 0 Å². The Balaban J connectivity index is 1.69. The lowest BCUT2D eigenvalue weighted by atomic mass is 9.48. The van der Waals surface area contributed by atoms with Gasteiger partial charge in [0.2, 0.25) is 0 Å². The lowest BCUT2D eigenvalue weighted by Crippen LogP contribution is -2.16. The molecule has 0 aromatic rings. The lowest BCUT2D eigenvalue weighted by molar-refractivity contribution is 0.470. The van der Waals surface area contributed by atoms with Gasteiger partial charge in [-0.3, -0.25) is 0 Å². The molecule has 2 saturated carbocycles. The molecule has 0 saturated heterocycles. The maximum atomic E-state index is 2.72. The normalized spacial score (nSPS) is 27.4. The molecule has 0 unspecified atom stereocenters. The van der Waals surface area contributed by atoms with E-state index in [9.17, 15) is 0 Å². The summed E-state index contributed by atoms with van der Waals surface area (Å²) in [5.74, 6) is 1.99. The predicted octanol–water partition coefficient (Wildman–Crippen LogP) is 4.20. The van der Waals surface area contributed by atoms with Crippen molar-refractivity contribution < 1.29 is 0 Å². The molecule has 2 rings (SSSR count). The summed E-state index contributed by atoms with van der Waals surface area (Å²) in [6, 6.07) is 0. The number of rotatable bonds is 2. The van der Waals surface area contributed by atoms with Gasteiger partial charge in [-0.2, -0.15) is 0 Å². The van der Waals surface area contributed by atoms with Gasteiger partial charge in [0.05, 0.1) is 0 Å². The SMILES string of the molecule is [B](C1CCCCC1)C1CCCCC1. The summed E-state index contributed by atoms with van der Waals surface area (Å²) >= 11 is 0. The van der Waals surface area contributed by atoms with E-state index in [0.29, 0.717) is 0 Å². The monoisotopic (exact) mass is 177 g/mol. The molecule has 1 radical (unpaired) electrons. The van der Waals surface area contributed by atoms with Gasteiger partial charge in [0, 0.05) is 0 Å². The molecule has 0 nitrogen and oxygen atoms in total. The van der Waals surface area contributed by atoms with Gasteiger partial charge in [0.1, 0.15) is 7.28 Å². The van der Waals surface area contributed by atoms with E-state index >= 15 is 0 Å². The average molecular weight is 177 g/mol. The second-order valence-corrected chi connectivity index (χ2v) is 4.99. The smallest absolute Gasteiger partial charge is 0.0686 e. The van der Waals surface area contributed by atoms with Crippen molar-refractivity contribution in [1.29, 1.82) is 0 Å². The van der Waals surface area contributed by atoms with Crippen LogP contribution < -0.4 is 0 Å². The molecule has 0 atom stereocenters. The first-order valence-electron chi connectivity index (χ1n) is 6.30. The van der Waals surface area contributed by atoms with E-state index in [-0.39, 0.29) is 0 Å². The summed E-state index contributed by atoms with van der Waals surface area (Å²) in [6.45, 7) is 0. The Bertz CT molecular complexity index is 116. The van der Waals surface area contributed by atoms with Gasteiger partial charge in [-0.1, -0.05) is 75.8 Å². The third kappa shape index (κ3) is 3.04. The quantitative estimate of drug-likeness (QED) is 0.554. The Hall–Kier alpha value is 0.0649. The Labute approximate surface area is 83.7 Å². The topological polar surface area (TPSA) is 0 Å². The molecule has 0 aliphatic heterocycles. The summed E-state index contributed by atoms with van der Waals surface area (Å²) in [4.78, 5) is 0. The van der Waals surface area contributed by atoms with Crippen LogP contribution in [0.15, 0.2) is 0 Å². The molecule has 73 valence electrons. The van der Waals surface area contributed by atoms with Crippen molar-refractivity contribution in [2.75, 3.05) is 0 Å². The van der Waals surface area contributed by atoms with Crippen LogP contribution in [0.2, 0.25) is 11.6 Å². The average Bonchev–Trinajstić information content (AvgIpc) is 2.21. The maximum absolute atomic E-state index is 2.72. The van der Waals surface area contributed by atoms with E-state index in [0.717, 1.165) is 11.6 Å². The zero-order valence-electron chi connectivity index (χ0n) is 8.80. The van der Waals surface area contributed by atoms with E-state index < -0.39 is 0 Å². The van der Waals surface area contributed by atoms with Crippen LogP contribution in [0.5, 0.6) is 0 Å². The summed E-state index contributed by atoms with van der Waals surface area (Å²) in [7, 11) is 2.72. The Morgan fingerprint density at radius 1 is 0.538 bits per heavy atom. The molecule has 2 aliphatic carbocycles. The van der Waals surface area contributed by atoms with Crippen molar-refractivity contribution in [1.82, 2.24) is 0 Å². The zero-order chi connectivity index (χ0) is 8.93. The number of hydrogen-bond acceptors (Lipinski definition) is 0. The van der Waals surface area contributed by atoms with Crippen LogP contribution in [0.1, 0.15) is 64.2 Å². The number of hydrogen-bond donors (Lipinski definition) is 0. The van der Waals surface area contributed by atoms with E-state index in [1.807, 2.05) is 0 Å². The van der Waals surface area contributed by atoms with Crippen molar-refractivity contribution in [3.8, 4) is 0 Å². The summed E-state index contributed by atoms with van der Waals surface area (Å²) in [6.07, 6.45) is 15.0. The maximum Gasteiger partial charge on any atom is 0.117 e. The minimum Gasteiger partial charge on any atom is -0.0686 e. The van der Waals surface area contributed by atoms with Crippen LogP contribution >= 0.6 is 0 Å². The van der Waals surface area contributed by atoms with Crippen LogP contribution in [0.25, 0.3) is 0 Å². The highest BCUT2D eigenvalue weighted by atomic mass is 14.2. The second-order valence-electron chi connectivity index (χ2n) is 4.99. The van der Waals surface area contributed by atoms with Gasteiger partial charge in [-0.25, -0.2) is 0 Å². The van der Waals surface area contributed by atoms with E-state index in [2.05, 4.69) is 7.28 Å². The Kier molecular flexibility index (Phi) is 3.75. The first kappa shape index (κ1) is 9.61. The zero-order valence-corrected chi connectivity index (χ0v) is 8.80. The fourth-order valence-corrected chi connectivity index (χ4v) is 3.04. The third-order valence-corrected chi connectivity index (χ3v) is 3.84. The molecule has 0 bridgehead atoms. The largest absolute Gasteiger partial charge is 0.117 e. The highest BCUT2D eigenvalue weighted by Gasteiger charge is 2.21. The standard InChI is InChI=1S/C12H22B/c1-3-7-11(8-4-1)13-12-9-5-2-6-10-12/h11-12H,1-10H2. The fourth-order valence-electron chi connectivity index (χ4n) is 3.04. The molecule has 0 aromatic heterocycles. The first-order valence-corrected chi connectivity index (χ1v) is 6.30. The highest BCUT2D eigenvalue weighted by Crippen LogP contribution is 2.36. The molecule has 0 heterocycles. The molecule has 13 heavy (non-hydrogen) atoms. The molecule has 2 aliphatic rings. The van der Waals surface area contributed by atoms with E-state index in [1.54, 1.807) is 0 Å². The molecular formula is C12H22B. The fraction of sp³-hybridized carbons (Fsp3) is 1.00. The molecule has 1 heteroatoms. The molecule has 2 fully saturated rings. The summed E-state index contributed by atoms with van der Waals surface area (Å²) in [5.41, 5.74) is 0. The second kappa shape index (κ2) is 5.07. The van der Waals surface area contributed by atoms with Crippen molar-refractivity contribution in [2.45, 2.75) is 75.8 Å². The van der Waals surface area contributed by atoms with Crippen molar-refractivity contribution >= 4 is 7.28 Å². The van der Waals surface area contributed by atoms with Gasteiger partial charge in [0.25, 0.3) is 0 Å². The van der Waals surface area contributed by atoms with E-state index in [1.165, 1.54) is 64.2 Å². The van der Waals surface area contributed by atoms with Gasteiger partial charge >= 0.3 is 0 Å². The van der Waals surface area contributed by atoms with Crippen LogP contribution in [0, 0.1) is 0 Å². The third-order valence-electron chi connectivity index (χ3n) is 3.84.